The Kier molecular flexibility index (Phi) is 38.4. The lowest BCUT2D eigenvalue weighted by Crippen LogP contribution is -2.54. The number of rotatable bonds is 41. The van der Waals surface area contributed by atoms with Crippen LogP contribution in [-0.2, 0) is 4.79 Å². The van der Waals surface area contributed by atoms with Gasteiger partial charge >= 0.3 is 0 Å². The van der Waals surface area contributed by atoms with Gasteiger partial charge in [0.1, 0.15) is 6.10 Å². The van der Waals surface area contributed by atoms with Gasteiger partial charge in [0.2, 0.25) is 0 Å². The zero-order valence-corrected chi connectivity index (χ0v) is 34.0. The highest BCUT2D eigenvalue weighted by Gasteiger charge is 2.31. The molecule has 0 radical (unpaired) electrons. The van der Waals surface area contributed by atoms with E-state index in [1.807, 2.05) is 0 Å². The maximum atomic E-state index is 12.5. The molecule has 0 aliphatic heterocycles. The van der Waals surface area contributed by atoms with Crippen LogP contribution in [0.5, 0.6) is 0 Å². The lowest BCUT2D eigenvalue weighted by Gasteiger charge is -2.28. The van der Waals surface area contributed by atoms with Crippen LogP contribution in [0, 0.1) is 0 Å². The number of carbonyl (C=O) groups is 1. The molecule has 0 rings (SSSR count). The van der Waals surface area contributed by atoms with E-state index in [0.717, 1.165) is 38.5 Å². The molecule has 0 aliphatic carbocycles. The number of amides is 1. The Labute approximate surface area is 316 Å². The fourth-order valence-electron chi connectivity index (χ4n) is 7.26. The van der Waals surface area contributed by atoms with Crippen molar-refractivity contribution in [3.63, 3.8) is 0 Å². The number of unbranched alkanes of at least 4 members (excludes halogenated alkanes) is 31. The SMILES string of the molecule is CCCCCCCCCCCCCCCCCCCCCCC[C@@H](O)[C@H](O)C(=O)N[C@@H](CO)[C@H](O)[C@H](O)CCCCCCCCCCCCCC. The number of hydrogen-bond acceptors (Lipinski definition) is 6. The van der Waals surface area contributed by atoms with E-state index in [1.54, 1.807) is 0 Å². The molecule has 7 nitrogen and oxygen atoms in total. The minimum atomic E-state index is -1.63. The summed E-state index contributed by atoms with van der Waals surface area (Å²) in [5, 5.41) is 53.9. The van der Waals surface area contributed by atoms with Crippen LogP contribution < -0.4 is 5.32 Å². The van der Waals surface area contributed by atoms with Gasteiger partial charge in [-0.3, -0.25) is 4.79 Å². The molecule has 5 atom stereocenters. The molecule has 1 amide bonds. The first kappa shape index (κ1) is 50.3. The summed E-state index contributed by atoms with van der Waals surface area (Å²) in [6.07, 6.45) is 37.4. The average molecular weight is 728 g/mol. The Hall–Kier alpha value is -0.730. The van der Waals surface area contributed by atoms with Crippen LogP contribution in [0.3, 0.4) is 0 Å². The van der Waals surface area contributed by atoms with E-state index in [4.69, 9.17) is 0 Å². The Morgan fingerprint density at radius 2 is 0.667 bits per heavy atom. The fourth-order valence-corrected chi connectivity index (χ4v) is 7.26. The molecule has 0 bridgehead atoms. The van der Waals surface area contributed by atoms with Gasteiger partial charge in [0.25, 0.3) is 5.91 Å². The smallest absolute Gasteiger partial charge is 0.251 e. The van der Waals surface area contributed by atoms with Crippen molar-refractivity contribution in [2.45, 2.75) is 269 Å². The minimum Gasteiger partial charge on any atom is -0.394 e. The van der Waals surface area contributed by atoms with E-state index in [-0.39, 0.29) is 0 Å². The van der Waals surface area contributed by atoms with Gasteiger partial charge in [0, 0.05) is 0 Å². The third-order valence-corrected chi connectivity index (χ3v) is 10.9. The largest absolute Gasteiger partial charge is 0.394 e. The van der Waals surface area contributed by atoms with Gasteiger partial charge in [-0.2, -0.15) is 0 Å². The zero-order chi connectivity index (χ0) is 37.6. The molecule has 0 unspecified atom stereocenters. The maximum Gasteiger partial charge on any atom is 0.251 e. The molecule has 0 heterocycles. The lowest BCUT2D eigenvalue weighted by atomic mass is 9.98. The van der Waals surface area contributed by atoms with Crippen molar-refractivity contribution in [2.75, 3.05) is 6.61 Å². The summed E-state index contributed by atoms with van der Waals surface area (Å²) in [7, 11) is 0. The van der Waals surface area contributed by atoms with Crippen LogP contribution in [0.15, 0.2) is 0 Å². The summed E-state index contributed by atoms with van der Waals surface area (Å²) < 4.78 is 0. The predicted octanol–water partition coefficient (Wildman–Crippen LogP) is 10.6. The number of nitrogens with one attached hydrogen (secondary N) is 1. The maximum absolute atomic E-state index is 12.5. The summed E-state index contributed by atoms with van der Waals surface area (Å²) in [5.74, 6) is -0.832. The first-order valence-corrected chi connectivity index (χ1v) is 22.5. The van der Waals surface area contributed by atoms with Crippen LogP contribution in [-0.4, -0.2) is 68.5 Å². The zero-order valence-electron chi connectivity index (χ0n) is 34.0. The van der Waals surface area contributed by atoms with Gasteiger partial charge in [-0.1, -0.05) is 226 Å². The first-order chi connectivity index (χ1) is 24.9. The second-order valence-electron chi connectivity index (χ2n) is 15.9. The first-order valence-electron chi connectivity index (χ1n) is 22.5. The van der Waals surface area contributed by atoms with Gasteiger partial charge in [-0.15, -0.1) is 0 Å². The van der Waals surface area contributed by atoms with Crippen molar-refractivity contribution in [3.05, 3.63) is 0 Å². The van der Waals surface area contributed by atoms with Crippen molar-refractivity contribution >= 4 is 5.91 Å². The molecule has 0 fully saturated rings. The second kappa shape index (κ2) is 39.0. The number of carbonyl (C=O) groups excluding carboxylic acids is 1. The van der Waals surface area contributed by atoms with Crippen LogP contribution >= 0.6 is 0 Å². The molecule has 0 aliphatic rings. The Morgan fingerprint density at radius 3 is 0.941 bits per heavy atom. The summed E-state index contributed by atoms with van der Waals surface area (Å²) >= 11 is 0. The summed E-state index contributed by atoms with van der Waals surface area (Å²) in [4.78, 5) is 12.5. The van der Waals surface area contributed by atoms with Crippen molar-refractivity contribution < 1.29 is 30.3 Å². The van der Waals surface area contributed by atoms with Gasteiger partial charge in [-0.25, -0.2) is 0 Å². The molecule has 306 valence electrons. The molecule has 0 spiro atoms. The highest BCUT2D eigenvalue weighted by molar-refractivity contribution is 5.81. The van der Waals surface area contributed by atoms with Crippen LogP contribution in [0.2, 0.25) is 0 Å². The average Bonchev–Trinajstić information content (AvgIpc) is 3.13. The fraction of sp³-hybridized carbons (Fsp3) is 0.977. The molecule has 51 heavy (non-hydrogen) atoms. The third-order valence-electron chi connectivity index (χ3n) is 10.9. The number of aliphatic hydroxyl groups excluding tert-OH is 5. The number of aliphatic hydroxyl groups is 5. The predicted molar refractivity (Wildman–Crippen MR) is 216 cm³/mol. The van der Waals surface area contributed by atoms with Crippen LogP contribution in [0.25, 0.3) is 0 Å². The molecular weight excluding hydrogens is 638 g/mol. The summed E-state index contributed by atoms with van der Waals surface area (Å²) in [6, 6.07) is -1.10. The minimum absolute atomic E-state index is 0.321. The van der Waals surface area contributed by atoms with E-state index in [2.05, 4.69) is 19.2 Å². The van der Waals surface area contributed by atoms with Crippen molar-refractivity contribution in [2.24, 2.45) is 0 Å². The number of hydrogen-bond donors (Lipinski definition) is 6. The molecule has 0 aromatic rings. The van der Waals surface area contributed by atoms with Gasteiger partial charge < -0.3 is 30.8 Å². The monoisotopic (exact) mass is 728 g/mol. The third kappa shape index (κ3) is 32.4. The van der Waals surface area contributed by atoms with Crippen molar-refractivity contribution in [1.82, 2.24) is 5.32 Å². The molecular formula is C44H89NO6. The molecule has 0 aromatic carbocycles. The highest BCUT2D eigenvalue weighted by atomic mass is 16.3. The van der Waals surface area contributed by atoms with Gasteiger partial charge in [0.05, 0.1) is 24.9 Å². The molecule has 7 heteroatoms. The second-order valence-corrected chi connectivity index (χ2v) is 15.9. The van der Waals surface area contributed by atoms with Crippen molar-refractivity contribution in [3.8, 4) is 0 Å². The van der Waals surface area contributed by atoms with Crippen molar-refractivity contribution in [1.29, 1.82) is 0 Å². The van der Waals surface area contributed by atoms with Gasteiger partial charge in [-0.05, 0) is 12.8 Å². The highest BCUT2D eigenvalue weighted by Crippen LogP contribution is 2.17. The van der Waals surface area contributed by atoms with Gasteiger partial charge in [0.15, 0.2) is 6.10 Å². The van der Waals surface area contributed by atoms with E-state index in [1.165, 1.54) is 173 Å². The Balaban J connectivity index is 3.76. The molecule has 0 aromatic heterocycles. The van der Waals surface area contributed by atoms with Crippen LogP contribution in [0.4, 0.5) is 0 Å². The molecule has 0 saturated heterocycles. The molecule has 6 N–H and O–H groups in total. The van der Waals surface area contributed by atoms with E-state index in [9.17, 15) is 30.3 Å². The summed E-state index contributed by atoms with van der Waals surface area (Å²) in [5.41, 5.74) is 0. The standard InChI is InChI=1S/C44H89NO6/c1-3-5-7-9-11-13-15-17-18-19-20-21-22-23-24-25-27-29-31-33-35-37-41(48)43(50)44(51)45-39(38-46)42(49)40(47)36-34-32-30-28-26-16-14-12-10-8-6-4-2/h39-43,46-50H,3-38H2,1-2H3,(H,45,51)/t39-,40+,41+,42-,43-/m0/s1. The van der Waals surface area contributed by atoms with Crippen LogP contribution in [0.1, 0.15) is 239 Å². The van der Waals surface area contributed by atoms with E-state index >= 15 is 0 Å². The quantitative estimate of drug-likeness (QED) is 0.0348. The molecule has 0 saturated carbocycles. The summed E-state index contributed by atoms with van der Waals surface area (Å²) in [6.45, 7) is 3.96. The lowest BCUT2D eigenvalue weighted by molar-refractivity contribution is -0.138. The normalized spacial score (nSPS) is 14.7. The Morgan fingerprint density at radius 1 is 0.412 bits per heavy atom. The topological polar surface area (TPSA) is 130 Å². The Bertz CT molecular complexity index is 709. The van der Waals surface area contributed by atoms with E-state index in [0.29, 0.717) is 12.8 Å². The van der Waals surface area contributed by atoms with E-state index < -0.39 is 43.0 Å².